The van der Waals surface area contributed by atoms with E-state index in [0.717, 1.165) is 30.6 Å². The number of nitrogens with one attached hydrogen (secondary N) is 1. The molecule has 0 spiro atoms. The van der Waals surface area contributed by atoms with Crippen molar-refractivity contribution in [3.63, 3.8) is 0 Å². The number of aryl methyl sites for hydroxylation is 1. The van der Waals surface area contributed by atoms with E-state index < -0.39 is 0 Å². The van der Waals surface area contributed by atoms with Crippen LogP contribution in [0.25, 0.3) is 0 Å². The van der Waals surface area contributed by atoms with Gasteiger partial charge in [0.25, 0.3) is 0 Å². The second-order valence-corrected chi connectivity index (χ2v) is 4.29. The van der Waals surface area contributed by atoms with Crippen molar-refractivity contribution < 1.29 is 9.53 Å². The number of carbonyl (C=O) groups is 1. The summed E-state index contributed by atoms with van der Waals surface area (Å²) in [5.41, 5.74) is 2.18. The SMILES string of the molecule is CCn1ncc(CNC(=O)C2CCCO2)c1C. The van der Waals surface area contributed by atoms with Crippen LogP contribution in [0.15, 0.2) is 6.20 Å². The zero-order valence-corrected chi connectivity index (χ0v) is 10.4. The van der Waals surface area contributed by atoms with Gasteiger partial charge in [0.15, 0.2) is 0 Å². The van der Waals surface area contributed by atoms with Gasteiger partial charge in [0.1, 0.15) is 6.10 Å². The Balaban J connectivity index is 1.88. The van der Waals surface area contributed by atoms with Crippen LogP contribution in [0.4, 0.5) is 0 Å². The number of nitrogens with zero attached hydrogens (tertiary/aromatic N) is 2. The Morgan fingerprint density at radius 2 is 2.53 bits per heavy atom. The van der Waals surface area contributed by atoms with E-state index in [1.54, 1.807) is 0 Å². The van der Waals surface area contributed by atoms with Crippen LogP contribution in [0, 0.1) is 6.92 Å². The molecule has 0 bridgehead atoms. The van der Waals surface area contributed by atoms with Crippen LogP contribution < -0.4 is 5.32 Å². The predicted octanol–water partition coefficient (Wildman–Crippen LogP) is 1.01. The van der Waals surface area contributed by atoms with E-state index in [0.29, 0.717) is 13.2 Å². The molecule has 1 fully saturated rings. The minimum Gasteiger partial charge on any atom is -0.368 e. The summed E-state index contributed by atoms with van der Waals surface area (Å²) < 4.78 is 7.25. The van der Waals surface area contributed by atoms with Gasteiger partial charge in [-0.1, -0.05) is 0 Å². The summed E-state index contributed by atoms with van der Waals surface area (Å²) in [6, 6.07) is 0. The number of rotatable bonds is 4. The van der Waals surface area contributed by atoms with Crippen molar-refractivity contribution in [2.45, 2.75) is 45.9 Å². The topological polar surface area (TPSA) is 56.2 Å². The monoisotopic (exact) mass is 237 g/mol. The van der Waals surface area contributed by atoms with E-state index in [9.17, 15) is 4.79 Å². The van der Waals surface area contributed by atoms with Gasteiger partial charge in [0.05, 0.1) is 6.20 Å². The molecule has 0 saturated carbocycles. The van der Waals surface area contributed by atoms with Gasteiger partial charge in [-0.3, -0.25) is 9.48 Å². The standard InChI is InChI=1S/C12H19N3O2/c1-3-15-9(2)10(8-14-15)7-13-12(16)11-5-4-6-17-11/h8,11H,3-7H2,1-2H3,(H,13,16). The lowest BCUT2D eigenvalue weighted by atomic mass is 10.2. The molecule has 1 aliphatic heterocycles. The third kappa shape index (κ3) is 2.66. The first-order valence-electron chi connectivity index (χ1n) is 6.13. The van der Waals surface area contributed by atoms with Crippen molar-refractivity contribution in [3.05, 3.63) is 17.5 Å². The van der Waals surface area contributed by atoms with Gasteiger partial charge in [0.2, 0.25) is 5.91 Å². The molecule has 5 nitrogen and oxygen atoms in total. The lowest BCUT2D eigenvalue weighted by Crippen LogP contribution is -2.33. The van der Waals surface area contributed by atoms with Crippen molar-refractivity contribution in [2.75, 3.05) is 6.61 Å². The highest BCUT2D eigenvalue weighted by atomic mass is 16.5. The van der Waals surface area contributed by atoms with E-state index in [4.69, 9.17) is 4.74 Å². The van der Waals surface area contributed by atoms with Gasteiger partial charge in [0, 0.05) is 31.0 Å². The molecule has 2 rings (SSSR count). The molecule has 17 heavy (non-hydrogen) atoms. The van der Waals surface area contributed by atoms with E-state index in [-0.39, 0.29) is 12.0 Å². The average molecular weight is 237 g/mol. The minimum atomic E-state index is -0.253. The molecule has 94 valence electrons. The van der Waals surface area contributed by atoms with Gasteiger partial charge in [-0.25, -0.2) is 0 Å². The highest BCUT2D eigenvalue weighted by Gasteiger charge is 2.23. The summed E-state index contributed by atoms with van der Waals surface area (Å²) >= 11 is 0. The van der Waals surface area contributed by atoms with Crippen LogP contribution in [0.5, 0.6) is 0 Å². The molecule has 1 amide bonds. The molecule has 1 N–H and O–H groups in total. The van der Waals surface area contributed by atoms with Crippen molar-refractivity contribution in [1.82, 2.24) is 15.1 Å². The summed E-state index contributed by atoms with van der Waals surface area (Å²) in [4.78, 5) is 11.7. The molecule has 0 aromatic carbocycles. The first-order valence-corrected chi connectivity index (χ1v) is 6.13. The van der Waals surface area contributed by atoms with Crippen molar-refractivity contribution >= 4 is 5.91 Å². The van der Waals surface area contributed by atoms with Crippen molar-refractivity contribution in [2.24, 2.45) is 0 Å². The molecule has 1 saturated heterocycles. The Kier molecular flexibility index (Phi) is 3.78. The smallest absolute Gasteiger partial charge is 0.249 e. The molecule has 1 unspecified atom stereocenters. The van der Waals surface area contributed by atoms with Gasteiger partial charge in [-0.05, 0) is 26.7 Å². The third-order valence-electron chi connectivity index (χ3n) is 3.18. The molecule has 1 aromatic rings. The highest BCUT2D eigenvalue weighted by molar-refractivity contribution is 5.80. The molecule has 1 atom stereocenters. The molecule has 2 heterocycles. The Morgan fingerprint density at radius 1 is 1.71 bits per heavy atom. The Morgan fingerprint density at radius 3 is 3.12 bits per heavy atom. The molecule has 1 aromatic heterocycles. The molecule has 0 radical (unpaired) electrons. The maximum Gasteiger partial charge on any atom is 0.249 e. The quantitative estimate of drug-likeness (QED) is 0.850. The lowest BCUT2D eigenvalue weighted by molar-refractivity contribution is -0.130. The second-order valence-electron chi connectivity index (χ2n) is 4.29. The first-order chi connectivity index (χ1) is 8.22. The number of ether oxygens (including phenoxy) is 1. The summed E-state index contributed by atoms with van der Waals surface area (Å²) in [5.74, 6) is -0.00820. The van der Waals surface area contributed by atoms with Crippen molar-refractivity contribution in [1.29, 1.82) is 0 Å². The molecular formula is C12H19N3O2. The van der Waals surface area contributed by atoms with E-state index in [2.05, 4.69) is 17.3 Å². The predicted molar refractivity (Wildman–Crippen MR) is 63.5 cm³/mol. The van der Waals surface area contributed by atoms with Crippen molar-refractivity contribution in [3.8, 4) is 0 Å². The normalized spacial score (nSPS) is 19.5. The van der Waals surface area contributed by atoms with E-state index in [1.165, 1.54) is 0 Å². The zero-order chi connectivity index (χ0) is 12.3. The maximum absolute atomic E-state index is 11.7. The number of aromatic nitrogens is 2. The van der Waals surface area contributed by atoms with Gasteiger partial charge < -0.3 is 10.1 Å². The van der Waals surface area contributed by atoms with Gasteiger partial charge in [-0.2, -0.15) is 5.10 Å². The summed E-state index contributed by atoms with van der Waals surface area (Å²) in [6.45, 7) is 6.15. The average Bonchev–Trinajstić information content (AvgIpc) is 2.96. The first kappa shape index (κ1) is 12.1. The third-order valence-corrected chi connectivity index (χ3v) is 3.18. The van der Waals surface area contributed by atoms with Crippen LogP contribution in [-0.4, -0.2) is 28.4 Å². The van der Waals surface area contributed by atoms with Crippen LogP contribution in [0.3, 0.4) is 0 Å². The lowest BCUT2D eigenvalue weighted by Gasteiger charge is -2.10. The van der Waals surface area contributed by atoms with Gasteiger partial charge in [-0.15, -0.1) is 0 Å². The summed E-state index contributed by atoms with van der Waals surface area (Å²) in [7, 11) is 0. The Labute approximate surface area is 101 Å². The second kappa shape index (κ2) is 5.31. The minimum absolute atomic E-state index is 0.00820. The Bertz CT molecular complexity index is 394. The summed E-state index contributed by atoms with van der Waals surface area (Å²) in [6.07, 6.45) is 3.37. The van der Waals surface area contributed by atoms with Crippen LogP contribution in [0.2, 0.25) is 0 Å². The van der Waals surface area contributed by atoms with E-state index >= 15 is 0 Å². The zero-order valence-electron chi connectivity index (χ0n) is 10.4. The van der Waals surface area contributed by atoms with Crippen LogP contribution in [0.1, 0.15) is 31.0 Å². The molecule has 0 aliphatic carbocycles. The number of hydrogen-bond acceptors (Lipinski definition) is 3. The fourth-order valence-corrected chi connectivity index (χ4v) is 2.06. The fourth-order valence-electron chi connectivity index (χ4n) is 2.06. The molecule has 1 aliphatic rings. The number of amides is 1. The van der Waals surface area contributed by atoms with Gasteiger partial charge >= 0.3 is 0 Å². The number of carbonyl (C=O) groups excluding carboxylic acids is 1. The maximum atomic E-state index is 11.7. The van der Waals surface area contributed by atoms with E-state index in [1.807, 2.05) is 17.8 Å². The Hall–Kier alpha value is -1.36. The largest absolute Gasteiger partial charge is 0.368 e. The molecule has 5 heteroatoms. The summed E-state index contributed by atoms with van der Waals surface area (Å²) in [5, 5.41) is 7.15. The number of hydrogen-bond donors (Lipinski definition) is 1. The van der Waals surface area contributed by atoms with Crippen LogP contribution in [-0.2, 0) is 22.6 Å². The fraction of sp³-hybridized carbons (Fsp3) is 0.667. The van der Waals surface area contributed by atoms with Crippen LogP contribution >= 0.6 is 0 Å². The molecular weight excluding hydrogens is 218 g/mol. The highest BCUT2D eigenvalue weighted by Crippen LogP contribution is 2.12.